The number of nitrogens with zero attached hydrogens (tertiary/aromatic N) is 2. The molecule has 0 N–H and O–H groups in total. The molecule has 1 atom stereocenters. The van der Waals surface area contributed by atoms with E-state index in [1.54, 1.807) is 26.3 Å². The summed E-state index contributed by atoms with van der Waals surface area (Å²) in [6.07, 6.45) is 3.56. The molecule has 7 heteroatoms. The van der Waals surface area contributed by atoms with Crippen molar-refractivity contribution in [3.8, 4) is 17.0 Å². The lowest BCUT2D eigenvalue weighted by atomic mass is 9.92. The molecule has 2 aromatic carbocycles. The molecule has 188 valence electrons. The van der Waals surface area contributed by atoms with E-state index >= 15 is 0 Å². The molecule has 0 spiro atoms. The average molecular weight is 489 g/mol. The van der Waals surface area contributed by atoms with Crippen LogP contribution in [-0.2, 0) is 22.7 Å². The summed E-state index contributed by atoms with van der Waals surface area (Å²) in [4.78, 5) is 25.6. The quantitative estimate of drug-likeness (QED) is 0.437. The maximum absolute atomic E-state index is 13.0. The van der Waals surface area contributed by atoms with Crippen molar-refractivity contribution in [1.82, 2.24) is 4.68 Å². The lowest BCUT2D eigenvalue weighted by Crippen LogP contribution is -2.50. The molecule has 36 heavy (non-hydrogen) atoms. The zero-order chi connectivity index (χ0) is 25.4. The van der Waals surface area contributed by atoms with Crippen LogP contribution in [0.3, 0.4) is 0 Å². The Kier molecular flexibility index (Phi) is 6.35. The van der Waals surface area contributed by atoms with Crippen LogP contribution in [0.5, 0.6) is 5.75 Å². The zero-order valence-corrected chi connectivity index (χ0v) is 21.2. The Labute approximate surface area is 211 Å². The molecule has 1 saturated heterocycles. The molecule has 1 aromatic heterocycles. The predicted molar refractivity (Wildman–Crippen MR) is 138 cm³/mol. The Bertz CT molecular complexity index is 1350. The molecule has 3 heterocycles. The minimum absolute atomic E-state index is 0.0467. The number of fused-ring (bicyclic) bond motifs is 6. The van der Waals surface area contributed by atoms with Crippen molar-refractivity contribution in [1.29, 1.82) is 0 Å². The smallest absolute Gasteiger partial charge is 0.343 e. The van der Waals surface area contributed by atoms with Crippen LogP contribution in [0.25, 0.3) is 11.3 Å². The summed E-state index contributed by atoms with van der Waals surface area (Å²) in [5.41, 5.74) is 4.35. The van der Waals surface area contributed by atoms with Crippen molar-refractivity contribution in [3.05, 3.63) is 87.2 Å². The average Bonchev–Trinajstić information content (AvgIpc) is 3.19. The highest BCUT2D eigenvalue weighted by molar-refractivity contribution is 5.89. The summed E-state index contributed by atoms with van der Waals surface area (Å²) in [6, 6.07) is 15.9. The number of methoxy groups -OCH3 is 1. The molecule has 0 amide bonds. The molecule has 7 nitrogen and oxygen atoms in total. The van der Waals surface area contributed by atoms with E-state index in [-0.39, 0.29) is 29.2 Å². The van der Waals surface area contributed by atoms with Gasteiger partial charge in [0.05, 0.1) is 30.5 Å². The van der Waals surface area contributed by atoms with Crippen LogP contribution in [-0.4, -0.2) is 29.9 Å². The monoisotopic (exact) mass is 488 g/mol. The molecule has 2 aliphatic rings. The van der Waals surface area contributed by atoms with Crippen LogP contribution in [0.15, 0.2) is 59.5 Å². The van der Waals surface area contributed by atoms with Gasteiger partial charge in [0, 0.05) is 30.5 Å². The zero-order valence-electron chi connectivity index (χ0n) is 21.2. The standard InChI is InChI=1S/C29H32N2O5/c1-5-35-28(33)23-16-30-25(15-26(23)32)21-13-20(18-34-4)27(36-17-19-9-7-6-8-10-19)14-22(21)24-11-12-29(2,3)31(24)30/h6-10,13-16,24H,5,11-12,17-18H2,1-4H3. The molecule has 1 unspecified atom stereocenters. The maximum Gasteiger partial charge on any atom is 0.343 e. The van der Waals surface area contributed by atoms with Gasteiger partial charge in [0.25, 0.3) is 0 Å². The van der Waals surface area contributed by atoms with E-state index in [0.717, 1.165) is 46.5 Å². The normalized spacial score (nSPS) is 17.2. The van der Waals surface area contributed by atoms with E-state index in [2.05, 4.69) is 31.0 Å². The highest BCUT2D eigenvalue weighted by Crippen LogP contribution is 2.49. The van der Waals surface area contributed by atoms with Crippen LogP contribution in [0.2, 0.25) is 0 Å². The third-order valence-corrected chi connectivity index (χ3v) is 7.11. The van der Waals surface area contributed by atoms with Crippen LogP contribution in [0.1, 0.15) is 66.7 Å². The predicted octanol–water partition coefficient (Wildman–Crippen LogP) is 4.98. The second-order valence-electron chi connectivity index (χ2n) is 9.97. The summed E-state index contributed by atoms with van der Waals surface area (Å²) in [5, 5.41) is 2.28. The summed E-state index contributed by atoms with van der Waals surface area (Å²) < 4.78 is 18.9. The van der Waals surface area contributed by atoms with E-state index in [1.165, 1.54) is 0 Å². The lowest BCUT2D eigenvalue weighted by Gasteiger charge is -2.44. The van der Waals surface area contributed by atoms with Crippen molar-refractivity contribution >= 4 is 5.97 Å². The van der Waals surface area contributed by atoms with Crippen molar-refractivity contribution < 1.29 is 19.0 Å². The third-order valence-electron chi connectivity index (χ3n) is 7.11. The number of hydrogen-bond acceptors (Lipinski definition) is 6. The molecular formula is C29H32N2O5. The maximum atomic E-state index is 13.0. The largest absolute Gasteiger partial charge is 0.489 e. The Balaban J connectivity index is 1.65. The van der Waals surface area contributed by atoms with Gasteiger partial charge in [0.1, 0.15) is 17.9 Å². The van der Waals surface area contributed by atoms with Gasteiger partial charge in [0.2, 0.25) is 0 Å². The molecule has 2 aliphatic heterocycles. The van der Waals surface area contributed by atoms with Gasteiger partial charge in [-0.05, 0) is 56.9 Å². The van der Waals surface area contributed by atoms with Crippen LogP contribution in [0.4, 0.5) is 0 Å². The number of ether oxygens (including phenoxy) is 3. The molecule has 0 bridgehead atoms. The first-order chi connectivity index (χ1) is 17.3. The Hall–Kier alpha value is -3.58. The summed E-state index contributed by atoms with van der Waals surface area (Å²) in [7, 11) is 1.66. The van der Waals surface area contributed by atoms with Crippen molar-refractivity contribution in [2.45, 2.75) is 58.4 Å². The minimum Gasteiger partial charge on any atom is -0.489 e. The molecule has 0 aliphatic carbocycles. The van der Waals surface area contributed by atoms with Gasteiger partial charge < -0.3 is 14.2 Å². The molecule has 5 rings (SSSR count). The second-order valence-corrected chi connectivity index (χ2v) is 9.97. The summed E-state index contributed by atoms with van der Waals surface area (Å²) in [5.74, 6) is 0.185. The van der Waals surface area contributed by atoms with Crippen LogP contribution >= 0.6 is 0 Å². The van der Waals surface area contributed by atoms with Gasteiger partial charge in [-0.15, -0.1) is 0 Å². The first-order valence-corrected chi connectivity index (χ1v) is 12.4. The summed E-state index contributed by atoms with van der Waals surface area (Å²) >= 11 is 0. The fraction of sp³-hybridized carbons (Fsp3) is 0.379. The molecule has 1 fully saturated rings. The SMILES string of the molecule is CCOC(=O)c1cn2c(cc1=O)-c1cc(COC)c(OCc3ccccc3)cc1C1CCC(C)(C)N12. The lowest BCUT2D eigenvalue weighted by molar-refractivity contribution is 0.0523. The fourth-order valence-electron chi connectivity index (χ4n) is 5.42. The van der Waals surface area contributed by atoms with Gasteiger partial charge in [-0.1, -0.05) is 30.3 Å². The fourth-order valence-corrected chi connectivity index (χ4v) is 5.42. The molecule has 0 radical (unpaired) electrons. The first-order valence-electron chi connectivity index (χ1n) is 12.4. The second kappa shape index (κ2) is 9.47. The van der Waals surface area contributed by atoms with E-state index in [0.29, 0.717) is 13.2 Å². The Morgan fingerprint density at radius 2 is 1.89 bits per heavy atom. The minimum atomic E-state index is -0.595. The number of aromatic nitrogens is 1. The van der Waals surface area contributed by atoms with Crippen LogP contribution in [0, 0.1) is 0 Å². The topological polar surface area (TPSA) is 70.0 Å². The van der Waals surface area contributed by atoms with E-state index in [1.807, 2.05) is 35.0 Å². The van der Waals surface area contributed by atoms with Gasteiger partial charge in [0.15, 0.2) is 5.43 Å². The van der Waals surface area contributed by atoms with Crippen molar-refractivity contribution in [2.75, 3.05) is 18.7 Å². The third kappa shape index (κ3) is 4.17. The summed E-state index contributed by atoms with van der Waals surface area (Å²) in [6.45, 7) is 7.16. The Morgan fingerprint density at radius 3 is 2.61 bits per heavy atom. The highest BCUT2D eigenvalue weighted by Gasteiger charge is 2.45. The number of pyridine rings is 1. The van der Waals surface area contributed by atoms with Gasteiger partial charge in [-0.2, -0.15) is 0 Å². The van der Waals surface area contributed by atoms with Gasteiger partial charge in [-0.3, -0.25) is 14.5 Å². The van der Waals surface area contributed by atoms with E-state index in [4.69, 9.17) is 14.2 Å². The molecular weight excluding hydrogens is 456 g/mol. The number of rotatable bonds is 7. The number of carbonyl (C=O) groups excluding carboxylic acids is 1. The van der Waals surface area contributed by atoms with Gasteiger partial charge in [-0.25, -0.2) is 4.79 Å². The van der Waals surface area contributed by atoms with Crippen molar-refractivity contribution in [3.63, 3.8) is 0 Å². The highest BCUT2D eigenvalue weighted by atomic mass is 16.5. The number of benzene rings is 2. The first kappa shape index (κ1) is 24.1. The van der Waals surface area contributed by atoms with Crippen LogP contribution < -0.4 is 15.2 Å². The molecule has 3 aromatic rings. The number of hydrogen-bond donors (Lipinski definition) is 0. The van der Waals surface area contributed by atoms with E-state index < -0.39 is 5.97 Å². The van der Waals surface area contributed by atoms with E-state index in [9.17, 15) is 9.59 Å². The molecule has 0 saturated carbocycles. The van der Waals surface area contributed by atoms with Gasteiger partial charge >= 0.3 is 5.97 Å². The number of carbonyl (C=O) groups is 1. The van der Waals surface area contributed by atoms with Crippen molar-refractivity contribution in [2.24, 2.45) is 0 Å². The number of esters is 1. The Morgan fingerprint density at radius 1 is 1.11 bits per heavy atom.